The van der Waals surface area contributed by atoms with E-state index >= 15 is 0 Å². The molecule has 3 aromatic rings. The number of nitrogens with two attached hydrogens (primary N) is 1. The summed E-state index contributed by atoms with van der Waals surface area (Å²) in [5.41, 5.74) is 8.52. The summed E-state index contributed by atoms with van der Waals surface area (Å²) in [5.74, 6) is -1.54. The van der Waals surface area contributed by atoms with Crippen LogP contribution in [0, 0.1) is 5.82 Å². The van der Waals surface area contributed by atoms with Crippen molar-refractivity contribution in [3.63, 3.8) is 0 Å². The SMILES string of the molecule is NC(CC(=O)O)Cc1cc(-c2ccccc2)ccc1Oc1ncc(Cl)cc1F. The molecule has 0 radical (unpaired) electrons. The molecule has 1 heterocycles. The van der Waals surface area contributed by atoms with Crippen LogP contribution in [0.5, 0.6) is 11.6 Å². The molecular formula is C21H18ClFN2O3. The Morgan fingerprint density at radius 2 is 1.93 bits per heavy atom. The van der Waals surface area contributed by atoms with E-state index in [1.54, 1.807) is 6.07 Å². The van der Waals surface area contributed by atoms with Gasteiger partial charge in [0.15, 0.2) is 5.82 Å². The molecule has 0 aliphatic rings. The summed E-state index contributed by atoms with van der Waals surface area (Å²) in [5, 5.41) is 9.14. The number of nitrogens with zero attached hydrogens (tertiary/aromatic N) is 1. The van der Waals surface area contributed by atoms with Crippen LogP contribution in [0.4, 0.5) is 4.39 Å². The fourth-order valence-corrected chi connectivity index (χ4v) is 2.95. The van der Waals surface area contributed by atoms with Gasteiger partial charge in [0.1, 0.15) is 5.75 Å². The van der Waals surface area contributed by atoms with Crippen LogP contribution < -0.4 is 10.5 Å². The minimum atomic E-state index is -0.986. The first-order chi connectivity index (χ1) is 13.4. The monoisotopic (exact) mass is 400 g/mol. The van der Waals surface area contributed by atoms with Gasteiger partial charge in [-0.1, -0.05) is 48.0 Å². The van der Waals surface area contributed by atoms with E-state index in [0.29, 0.717) is 11.3 Å². The highest BCUT2D eigenvalue weighted by molar-refractivity contribution is 6.30. The van der Waals surface area contributed by atoms with Gasteiger partial charge in [-0.2, -0.15) is 0 Å². The highest BCUT2D eigenvalue weighted by Gasteiger charge is 2.16. The number of carboxylic acid groups (broad SMARTS) is 1. The Morgan fingerprint density at radius 3 is 2.61 bits per heavy atom. The van der Waals surface area contributed by atoms with Gasteiger partial charge in [-0.05, 0) is 41.3 Å². The van der Waals surface area contributed by atoms with E-state index in [2.05, 4.69) is 4.98 Å². The van der Waals surface area contributed by atoms with Crippen molar-refractivity contribution in [2.75, 3.05) is 0 Å². The predicted molar refractivity (Wildman–Crippen MR) is 105 cm³/mol. The predicted octanol–water partition coefficient (Wildman–Crippen LogP) is 4.68. The average Bonchev–Trinajstić information content (AvgIpc) is 2.65. The van der Waals surface area contributed by atoms with Crippen LogP contribution in [-0.4, -0.2) is 22.1 Å². The van der Waals surface area contributed by atoms with Crippen LogP contribution >= 0.6 is 11.6 Å². The van der Waals surface area contributed by atoms with Crippen LogP contribution in [0.1, 0.15) is 12.0 Å². The summed E-state index contributed by atoms with van der Waals surface area (Å²) >= 11 is 5.73. The molecule has 3 rings (SSSR count). The highest BCUT2D eigenvalue weighted by atomic mass is 35.5. The minimum Gasteiger partial charge on any atom is -0.481 e. The number of pyridine rings is 1. The van der Waals surface area contributed by atoms with Crippen molar-refractivity contribution < 1.29 is 19.0 Å². The standard InChI is InChI=1S/C21H18ClFN2O3/c22-16-10-18(23)21(25-12-16)28-19-7-6-14(13-4-2-1-3-5-13)8-15(19)9-17(24)11-20(26)27/h1-8,10,12,17H,9,11,24H2,(H,26,27). The van der Waals surface area contributed by atoms with Gasteiger partial charge in [0.2, 0.25) is 0 Å². The van der Waals surface area contributed by atoms with E-state index < -0.39 is 17.8 Å². The summed E-state index contributed by atoms with van der Waals surface area (Å²) in [7, 11) is 0. The van der Waals surface area contributed by atoms with Crippen molar-refractivity contribution in [1.29, 1.82) is 0 Å². The fraction of sp³-hybridized carbons (Fsp3) is 0.143. The molecular weight excluding hydrogens is 383 g/mol. The molecule has 0 aliphatic carbocycles. The number of rotatable bonds is 7. The Bertz CT molecular complexity index is 983. The van der Waals surface area contributed by atoms with Crippen molar-refractivity contribution in [2.24, 2.45) is 5.73 Å². The van der Waals surface area contributed by atoms with Crippen molar-refractivity contribution in [3.8, 4) is 22.8 Å². The molecule has 0 saturated heterocycles. The molecule has 5 nitrogen and oxygen atoms in total. The lowest BCUT2D eigenvalue weighted by molar-refractivity contribution is -0.137. The fourth-order valence-electron chi connectivity index (χ4n) is 2.81. The molecule has 1 aromatic heterocycles. The summed E-state index contributed by atoms with van der Waals surface area (Å²) in [6, 6.07) is 15.6. The number of hydrogen-bond acceptors (Lipinski definition) is 4. The van der Waals surface area contributed by atoms with Gasteiger partial charge in [-0.25, -0.2) is 9.37 Å². The van der Waals surface area contributed by atoms with Gasteiger partial charge >= 0.3 is 5.97 Å². The van der Waals surface area contributed by atoms with E-state index in [0.717, 1.165) is 17.2 Å². The largest absolute Gasteiger partial charge is 0.481 e. The number of aromatic nitrogens is 1. The van der Waals surface area contributed by atoms with Crippen LogP contribution in [0.15, 0.2) is 60.8 Å². The lowest BCUT2D eigenvalue weighted by Gasteiger charge is -2.16. The number of carbonyl (C=O) groups is 1. The third-order valence-electron chi connectivity index (χ3n) is 4.07. The quantitative estimate of drug-likeness (QED) is 0.601. The van der Waals surface area contributed by atoms with E-state index in [4.69, 9.17) is 27.2 Å². The Hall–Kier alpha value is -2.96. The lowest BCUT2D eigenvalue weighted by Crippen LogP contribution is -2.26. The summed E-state index contributed by atoms with van der Waals surface area (Å²) in [6.45, 7) is 0. The smallest absolute Gasteiger partial charge is 0.304 e. The Labute approximate surface area is 166 Å². The number of halogens is 2. The summed E-state index contributed by atoms with van der Waals surface area (Å²) in [6.07, 6.45) is 1.34. The van der Waals surface area contributed by atoms with Crippen LogP contribution in [0.2, 0.25) is 5.02 Å². The molecule has 2 aromatic carbocycles. The van der Waals surface area contributed by atoms with Gasteiger partial charge in [-0.3, -0.25) is 4.79 Å². The van der Waals surface area contributed by atoms with Gasteiger partial charge in [-0.15, -0.1) is 0 Å². The van der Waals surface area contributed by atoms with Crippen LogP contribution in [0.3, 0.4) is 0 Å². The van der Waals surface area contributed by atoms with E-state index in [1.165, 1.54) is 6.20 Å². The normalized spacial score (nSPS) is 11.8. The Kier molecular flexibility index (Phi) is 6.23. The minimum absolute atomic E-state index is 0.160. The second kappa shape index (κ2) is 8.82. The zero-order valence-corrected chi connectivity index (χ0v) is 15.6. The van der Waals surface area contributed by atoms with E-state index in [9.17, 15) is 9.18 Å². The zero-order chi connectivity index (χ0) is 20.1. The molecule has 7 heteroatoms. The average molecular weight is 401 g/mol. The first-order valence-corrected chi connectivity index (χ1v) is 8.95. The molecule has 0 spiro atoms. The lowest BCUT2D eigenvalue weighted by atomic mass is 9.97. The Morgan fingerprint density at radius 1 is 1.18 bits per heavy atom. The number of aliphatic carboxylic acids is 1. The van der Waals surface area contributed by atoms with Crippen LogP contribution in [-0.2, 0) is 11.2 Å². The van der Waals surface area contributed by atoms with E-state index in [-0.39, 0.29) is 23.7 Å². The first kappa shape index (κ1) is 19.8. The first-order valence-electron chi connectivity index (χ1n) is 8.57. The maximum atomic E-state index is 14.1. The second-order valence-corrected chi connectivity index (χ2v) is 6.73. The van der Waals surface area contributed by atoms with Crippen molar-refractivity contribution >= 4 is 17.6 Å². The highest BCUT2D eigenvalue weighted by Crippen LogP contribution is 2.32. The summed E-state index contributed by atoms with van der Waals surface area (Å²) in [4.78, 5) is 14.8. The van der Waals surface area contributed by atoms with Crippen molar-refractivity contribution in [1.82, 2.24) is 4.98 Å². The molecule has 0 aliphatic heterocycles. The van der Waals surface area contributed by atoms with Gasteiger partial charge in [0.05, 0.1) is 11.4 Å². The molecule has 0 saturated carbocycles. The Balaban J connectivity index is 1.96. The third kappa shape index (κ3) is 5.06. The second-order valence-electron chi connectivity index (χ2n) is 6.29. The summed E-state index contributed by atoms with van der Waals surface area (Å²) < 4.78 is 19.7. The van der Waals surface area contributed by atoms with Gasteiger partial charge in [0.25, 0.3) is 5.88 Å². The maximum absolute atomic E-state index is 14.1. The molecule has 28 heavy (non-hydrogen) atoms. The number of benzene rings is 2. The van der Waals surface area contributed by atoms with Gasteiger partial charge < -0.3 is 15.6 Å². The van der Waals surface area contributed by atoms with E-state index in [1.807, 2.05) is 42.5 Å². The molecule has 144 valence electrons. The number of hydrogen-bond donors (Lipinski definition) is 2. The molecule has 0 bridgehead atoms. The van der Waals surface area contributed by atoms with Crippen LogP contribution in [0.25, 0.3) is 11.1 Å². The van der Waals surface area contributed by atoms with Crippen molar-refractivity contribution in [3.05, 3.63) is 77.2 Å². The zero-order valence-electron chi connectivity index (χ0n) is 14.8. The third-order valence-corrected chi connectivity index (χ3v) is 4.27. The topological polar surface area (TPSA) is 85.4 Å². The molecule has 3 N–H and O–H groups in total. The number of carboxylic acids is 1. The molecule has 1 atom stereocenters. The van der Waals surface area contributed by atoms with Gasteiger partial charge in [0, 0.05) is 12.2 Å². The molecule has 1 unspecified atom stereocenters. The number of ether oxygens (including phenoxy) is 1. The maximum Gasteiger partial charge on any atom is 0.304 e. The van der Waals surface area contributed by atoms with Crippen molar-refractivity contribution in [2.45, 2.75) is 18.9 Å². The molecule has 0 amide bonds. The molecule has 0 fully saturated rings.